The van der Waals surface area contributed by atoms with Crippen LogP contribution < -0.4 is 35.3 Å². The minimum absolute atomic E-state index is 0. The van der Waals surface area contributed by atoms with E-state index in [-0.39, 0.29) is 84.5 Å². The number of aromatic nitrogens is 2. The van der Waals surface area contributed by atoms with Crippen LogP contribution in [0.2, 0.25) is 5.15 Å². The molecular weight excluding hydrogens is 991 g/mol. The zero-order valence-electron chi connectivity index (χ0n) is 46.7. The number of fused-ring (bicyclic) bond motifs is 1. The summed E-state index contributed by atoms with van der Waals surface area (Å²) in [6.45, 7) is 14.5. The molecule has 2 aromatic heterocycles. The number of hydrogen-bond donors (Lipinski definition) is 1. The summed E-state index contributed by atoms with van der Waals surface area (Å²) in [5, 5.41) is 57.3. The van der Waals surface area contributed by atoms with E-state index in [0.717, 1.165) is 28.0 Å². The van der Waals surface area contributed by atoms with Crippen LogP contribution in [-0.4, -0.2) is 115 Å². The van der Waals surface area contributed by atoms with Gasteiger partial charge in [0.1, 0.15) is 53.1 Å². The van der Waals surface area contributed by atoms with Crippen molar-refractivity contribution in [2.75, 3.05) is 70.8 Å². The van der Waals surface area contributed by atoms with E-state index in [1.165, 1.54) is 14.2 Å². The van der Waals surface area contributed by atoms with Crippen molar-refractivity contribution in [1.82, 2.24) is 19.8 Å². The first-order chi connectivity index (χ1) is 33.3. The average Bonchev–Trinajstić information content (AvgIpc) is 3.69. The molecule has 0 radical (unpaired) electrons. The summed E-state index contributed by atoms with van der Waals surface area (Å²) < 4.78 is 28.4. The van der Waals surface area contributed by atoms with E-state index in [1.807, 2.05) is 90.0 Å². The Labute approximate surface area is 468 Å². The second-order valence-corrected chi connectivity index (χ2v) is 14.9. The predicted octanol–water partition coefficient (Wildman–Crippen LogP) is 5.17. The number of nitriles is 7. The fourth-order valence-electron chi connectivity index (χ4n) is 4.07. The third-order valence-corrected chi connectivity index (χ3v) is 8.57. The average molecular weight is 1060 g/mol. The normalized spacial score (nSPS) is 9.56. The van der Waals surface area contributed by atoms with Gasteiger partial charge in [0.25, 0.3) is 0 Å². The Morgan fingerprint density at radius 3 is 1.52 bits per heavy atom. The largest absolute Gasteiger partial charge is 1.00 e. The molecule has 0 saturated heterocycles. The Morgan fingerprint density at radius 1 is 0.822 bits per heavy atom. The summed E-state index contributed by atoms with van der Waals surface area (Å²) in [7, 11) is 16.7. The Morgan fingerprint density at radius 2 is 1.29 bits per heavy atom. The molecule has 0 spiro atoms. The van der Waals surface area contributed by atoms with Gasteiger partial charge < -0.3 is 40.5 Å². The molecule has 0 aromatic carbocycles. The number of halogens is 2. The number of esters is 2. The molecular formula is C50H71Cl2N12NaO8. The minimum Gasteiger partial charge on any atom is -1.00 e. The van der Waals surface area contributed by atoms with Crippen molar-refractivity contribution in [3.8, 4) is 42.5 Å². The number of nitrogens with zero attached hydrogens (tertiary/aromatic N) is 11. The van der Waals surface area contributed by atoms with Crippen molar-refractivity contribution in [3.05, 3.63) is 97.8 Å². The first-order valence-corrected chi connectivity index (χ1v) is 21.2. The maximum atomic E-state index is 11.4. The van der Waals surface area contributed by atoms with Gasteiger partial charge in [-0.1, -0.05) is 18.5 Å². The van der Waals surface area contributed by atoms with Crippen LogP contribution in [-0.2, 0) is 44.4 Å². The molecule has 2 heterocycles. The molecule has 0 saturated carbocycles. The number of aryl methyl sites for hydroxylation is 2. The second-order valence-electron chi connectivity index (χ2n) is 14.5. The second kappa shape index (κ2) is 49.2. The number of nitrogens with two attached hydrogens (primary N) is 1. The van der Waals surface area contributed by atoms with Gasteiger partial charge in [-0.3, -0.25) is 14.7 Å². The summed E-state index contributed by atoms with van der Waals surface area (Å²) >= 11 is 5.60. The van der Waals surface area contributed by atoms with Crippen LogP contribution in [0.3, 0.4) is 0 Å². The number of carbonyl (C=O) groups excluding carboxylic acids is 2. The smallest absolute Gasteiger partial charge is 1.00 e. The van der Waals surface area contributed by atoms with Gasteiger partial charge in [0.2, 0.25) is 6.41 Å². The van der Waals surface area contributed by atoms with Crippen LogP contribution in [0.1, 0.15) is 83.8 Å². The number of methoxy groups -OCH3 is 6. The molecule has 1 aliphatic rings. The summed E-state index contributed by atoms with van der Waals surface area (Å²) in [5.74, 6) is -0.945. The molecule has 0 unspecified atom stereocenters. The molecule has 20 nitrogen and oxygen atoms in total. The van der Waals surface area contributed by atoms with E-state index < -0.39 is 5.79 Å². The number of carbonyl (C=O) groups is 2. The van der Waals surface area contributed by atoms with Gasteiger partial charge in [0.15, 0.2) is 5.79 Å². The number of allylic oxidation sites excluding steroid dienone is 5. The number of hydrogen-bond acceptors (Lipinski definition) is 20. The monoisotopic (exact) mass is 1060 g/mol. The van der Waals surface area contributed by atoms with Crippen LogP contribution in [0.5, 0.6) is 0 Å². The van der Waals surface area contributed by atoms with Crippen LogP contribution in [0.4, 0.5) is 0 Å². The van der Waals surface area contributed by atoms with E-state index in [1.54, 1.807) is 111 Å². The first kappa shape index (κ1) is 80.7. The van der Waals surface area contributed by atoms with Crippen LogP contribution in [0.15, 0.2) is 64.7 Å². The minimum atomic E-state index is -0.417. The van der Waals surface area contributed by atoms with Crippen molar-refractivity contribution >= 4 is 41.6 Å². The summed E-state index contributed by atoms with van der Waals surface area (Å²) in [6.07, 6.45) is 7.56. The SMILES string of the molecule is CC(/C=C/N(C)C)=C(C#N)C#N.CC(C)=C(C#N)C#N.CCC(=O)OC.COC(=O)C1=C(N)c2c(C)ccnc2C1.COC(C)(C)OC.COC(OC)N(C)C.Cc1ccnc(Cl)c1C#N.Cl.N#CCC#N.[H-].[Na+]. The van der Waals surface area contributed by atoms with Gasteiger partial charge in [-0.15, -0.1) is 12.4 Å². The molecule has 3 rings (SSSR count). The Hall–Kier alpha value is -6.39. The van der Waals surface area contributed by atoms with Gasteiger partial charge in [0, 0.05) is 73.3 Å². The summed E-state index contributed by atoms with van der Waals surface area (Å²) in [6, 6.07) is 16.1. The predicted molar refractivity (Wildman–Crippen MR) is 277 cm³/mol. The van der Waals surface area contributed by atoms with Crippen molar-refractivity contribution in [1.29, 1.82) is 36.8 Å². The molecule has 73 heavy (non-hydrogen) atoms. The van der Waals surface area contributed by atoms with Crippen LogP contribution in [0, 0.1) is 93.2 Å². The van der Waals surface area contributed by atoms with E-state index in [9.17, 15) is 9.59 Å². The first-order valence-electron chi connectivity index (χ1n) is 20.8. The van der Waals surface area contributed by atoms with Crippen LogP contribution in [0.25, 0.3) is 5.70 Å². The van der Waals surface area contributed by atoms with Crippen LogP contribution >= 0.6 is 24.0 Å². The third-order valence-electron chi connectivity index (χ3n) is 8.28. The van der Waals surface area contributed by atoms with Gasteiger partial charge in [0.05, 0.1) is 48.9 Å². The van der Waals surface area contributed by atoms with Crippen molar-refractivity contribution in [2.24, 2.45) is 5.73 Å². The molecule has 0 amide bonds. The number of pyridine rings is 2. The Kier molecular flexibility index (Phi) is 54.4. The Bertz CT molecular complexity index is 2320. The summed E-state index contributed by atoms with van der Waals surface area (Å²) in [5.41, 5.74) is 12.9. The van der Waals surface area contributed by atoms with Gasteiger partial charge in [-0.25, -0.2) is 9.78 Å². The molecule has 1 aliphatic carbocycles. The standard InChI is InChI=1S/C11H12N2O2.C9H11N3.C7H5ClN2.C6H6N2.C5H13NO2.C5H12O2.C4H8O2.C3H2N2.ClH.Na.H/c1-6-3-4-13-8-5-7(11(14)15-2)10(12)9(6)8;1-8(4-5-12(2)3)9(6-10)7-11;1-5-2-3-10-7(8)6(5)4-9;1-5(2)6(3-7)4-8;1-6(2)5(7-3)8-4;1-5(2,6-3)7-4;1-3-4(5)6-2;4-2-1-3-5;;;/h3-4H,5,12H2,1-2H3;4-5H,1-3H3;2-3H,1H3;1-2H3;5H,1-4H3;1-4H3;3H2,1-2H3;1H2;1H;;/q;;;;;;;;;+1;-1/b;5-4+;;;;;;;;;. The maximum absolute atomic E-state index is 11.4. The number of rotatable bonds is 9. The van der Waals surface area contributed by atoms with Gasteiger partial charge >= 0.3 is 41.5 Å². The molecule has 2 N–H and O–H groups in total. The van der Waals surface area contributed by atoms with Gasteiger partial charge in [-0.05, 0) is 109 Å². The molecule has 0 atom stereocenters. The summed E-state index contributed by atoms with van der Waals surface area (Å²) in [4.78, 5) is 33.0. The van der Waals surface area contributed by atoms with E-state index in [0.29, 0.717) is 35.2 Å². The quantitative estimate of drug-likeness (QED) is 0.0845. The molecule has 0 aliphatic heterocycles. The third kappa shape index (κ3) is 38.9. The molecule has 394 valence electrons. The van der Waals surface area contributed by atoms with Gasteiger partial charge in [-0.2, -0.15) is 36.8 Å². The van der Waals surface area contributed by atoms with E-state index in [2.05, 4.69) is 19.4 Å². The zero-order chi connectivity index (χ0) is 56.3. The fraction of sp³-hybridized carbons (Fsp3) is 0.460. The number of ether oxygens (including phenoxy) is 6. The molecule has 0 bridgehead atoms. The zero-order valence-corrected chi connectivity index (χ0v) is 49.3. The molecule has 0 fully saturated rings. The van der Waals surface area contributed by atoms with Crippen molar-refractivity contribution in [3.63, 3.8) is 0 Å². The topological polar surface area (TPSA) is 314 Å². The molecule has 2 aromatic rings. The maximum Gasteiger partial charge on any atom is 1.00 e. The van der Waals surface area contributed by atoms with Crippen molar-refractivity contribution in [2.45, 2.75) is 86.9 Å². The Balaban J connectivity index is -0.000000114. The van der Waals surface area contributed by atoms with E-state index in [4.69, 9.17) is 73.1 Å². The fourth-order valence-corrected chi connectivity index (χ4v) is 4.32. The van der Waals surface area contributed by atoms with E-state index >= 15 is 0 Å². The molecule has 23 heteroatoms. The van der Waals surface area contributed by atoms with Crippen molar-refractivity contribution < 1.29 is 69.0 Å².